The Balaban J connectivity index is 1.36. The number of thiol groups is 1. The molecule has 5 aromatic rings. The summed E-state index contributed by atoms with van der Waals surface area (Å²) in [5.41, 5.74) is 2.72. The van der Waals surface area contributed by atoms with Crippen molar-refractivity contribution in [2.75, 3.05) is 38.2 Å². The number of carboxylic acids is 1. The molecule has 11 heteroatoms. The number of alkyl carbamates (subject to hydrolysis) is 1. The molecule has 1 fully saturated rings. The second kappa shape index (κ2) is 21.3. The van der Waals surface area contributed by atoms with Crippen LogP contribution < -0.4 is 10.6 Å². The van der Waals surface area contributed by atoms with Crippen LogP contribution in [0, 0.1) is 0 Å². The van der Waals surface area contributed by atoms with E-state index < -0.39 is 40.4 Å². The lowest BCUT2D eigenvalue weighted by molar-refractivity contribution is -0.142. The number of rotatable bonds is 19. The van der Waals surface area contributed by atoms with E-state index in [1.807, 2.05) is 99.8 Å². The van der Waals surface area contributed by atoms with Gasteiger partial charge in [0.05, 0.1) is 18.0 Å². The molecular weight excluding hydrogens is 801 g/mol. The lowest BCUT2D eigenvalue weighted by Gasteiger charge is -2.45. The molecule has 3 N–H and O–H groups in total. The molecule has 322 valence electrons. The molecule has 0 aromatic heterocycles. The molecule has 6 rings (SSSR count). The Hall–Kier alpha value is -4.81. The molecule has 1 heterocycles. The van der Waals surface area contributed by atoms with E-state index in [1.165, 1.54) is 0 Å². The molecule has 0 aliphatic carbocycles. The number of aliphatic carboxylic acids is 1. The van der Waals surface area contributed by atoms with Gasteiger partial charge in [-0.25, -0.2) is 9.59 Å². The molecule has 1 aliphatic rings. The van der Waals surface area contributed by atoms with Crippen molar-refractivity contribution in [3.63, 3.8) is 0 Å². The van der Waals surface area contributed by atoms with Crippen LogP contribution in [0.15, 0.2) is 133 Å². The maximum Gasteiger partial charge on any atom is 0.407 e. The van der Waals surface area contributed by atoms with Crippen molar-refractivity contribution >= 4 is 53.1 Å². The molecule has 1 unspecified atom stereocenters. The third-order valence-corrected chi connectivity index (χ3v) is 12.9. The normalized spacial score (nSPS) is 16.2. The standard InChI is InChI=1S/C50H60N4O5S2/c1-49(2,3)59-48(58)52-44(46(60)50(38-21-8-5-9-22-38,39-23-10-6-11-24-39)40-25-12-7-13-26-40)34-54-30-17-27-41(54)33-53(35-45(55)51-43(47(56)57)29-31-61-4)32-37-20-16-19-36-18-14-15-28-42(36)37/h5-16,18-26,28,41,43-44,46,60H,17,27,29-35H2,1-4H3,(H,51,55)(H,52,58)(H,56,57)/t41-,43-,44+,46?/m0/s1. The largest absolute Gasteiger partial charge is 0.480 e. The lowest BCUT2D eigenvalue weighted by atomic mass is 9.65. The number of carbonyl (C=O) groups excluding carboxylic acids is 2. The monoisotopic (exact) mass is 860 g/mol. The summed E-state index contributed by atoms with van der Waals surface area (Å²) in [4.78, 5) is 44.4. The van der Waals surface area contributed by atoms with Gasteiger partial charge in [-0.3, -0.25) is 14.6 Å². The number of hydrogen-bond acceptors (Lipinski definition) is 8. The van der Waals surface area contributed by atoms with Crippen molar-refractivity contribution in [3.05, 3.63) is 156 Å². The van der Waals surface area contributed by atoms with Crippen LogP contribution >= 0.6 is 24.4 Å². The Labute approximate surface area is 371 Å². The Bertz CT molecular complexity index is 2080. The topological polar surface area (TPSA) is 111 Å². The minimum absolute atomic E-state index is 0.0255. The summed E-state index contributed by atoms with van der Waals surface area (Å²) in [6.45, 7) is 7.92. The first kappa shape index (κ1) is 45.7. The molecule has 5 aromatic carbocycles. The van der Waals surface area contributed by atoms with Gasteiger partial charge in [0.25, 0.3) is 0 Å². The van der Waals surface area contributed by atoms with E-state index >= 15 is 0 Å². The highest BCUT2D eigenvalue weighted by Crippen LogP contribution is 2.46. The number of amides is 2. The van der Waals surface area contributed by atoms with Crippen LogP contribution in [0.5, 0.6) is 0 Å². The van der Waals surface area contributed by atoms with Gasteiger partial charge < -0.3 is 20.5 Å². The maximum absolute atomic E-state index is 13.9. The van der Waals surface area contributed by atoms with Crippen molar-refractivity contribution in [1.29, 1.82) is 0 Å². The van der Waals surface area contributed by atoms with Gasteiger partial charge in [-0.15, -0.1) is 0 Å². The fourth-order valence-electron chi connectivity index (χ4n) is 8.79. The maximum atomic E-state index is 13.9. The van der Waals surface area contributed by atoms with E-state index in [9.17, 15) is 19.5 Å². The van der Waals surface area contributed by atoms with Crippen LogP contribution in [0.1, 0.15) is 62.3 Å². The Morgan fingerprint density at radius 3 is 1.98 bits per heavy atom. The summed E-state index contributed by atoms with van der Waals surface area (Å²) in [7, 11) is 0. The minimum Gasteiger partial charge on any atom is -0.480 e. The summed E-state index contributed by atoms with van der Waals surface area (Å²) in [6.07, 6.45) is 3.58. The number of hydrogen-bond donors (Lipinski definition) is 4. The number of fused-ring (bicyclic) bond motifs is 1. The highest BCUT2D eigenvalue weighted by Gasteiger charge is 2.47. The molecule has 1 aliphatic heterocycles. The third-order valence-electron chi connectivity index (χ3n) is 11.5. The Morgan fingerprint density at radius 2 is 1.41 bits per heavy atom. The molecule has 0 spiro atoms. The highest BCUT2D eigenvalue weighted by molar-refractivity contribution is 7.98. The lowest BCUT2D eigenvalue weighted by Crippen LogP contribution is -2.58. The minimum atomic E-state index is -1.03. The van der Waals surface area contributed by atoms with Gasteiger partial charge in [0.15, 0.2) is 0 Å². The Kier molecular flexibility index (Phi) is 16.0. The van der Waals surface area contributed by atoms with Crippen molar-refractivity contribution < 1.29 is 24.2 Å². The smallest absolute Gasteiger partial charge is 0.407 e. The fourth-order valence-corrected chi connectivity index (χ4v) is 9.87. The number of ether oxygens (including phenoxy) is 1. The summed E-state index contributed by atoms with van der Waals surface area (Å²) in [5.74, 6) is -0.734. The van der Waals surface area contributed by atoms with Crippen molar-refractivity contribution in [1.82, 2.24) is 20.4 Å². The molecule has 2 amide bonds. The van der Waals surface area contributed by atoms with E-state index in [0.717, 1.165) is 52.4 Å². The zero-order valence-electron chi connectivity index (χ0n) is 35.7. The molecule has 1 saturated heterocycles. The fraction of sp³-hybridized carbons (Fsp3) is 0.380. The second-order valence-corrected chi connectivity index (χ2v) is 18.5. The number of likely N-dealkylation sites (tertiary alicyclic amines) is 1. The zero-order chi connectivity index (χ0) is 43.4. The van der Waals surface area contributed by atoms with Gasteiger partial charge in [-0.05, 0) is 91.6 Å². The number of nitrogens with one attached hydrogen (secondary N) is 2. The van der Waals surface area contributed by atoms with E-state index in [0.29, 0.717) is 31.8 Å². The molecule has 9 nitrogen and oxygen atoms in total. The molecular formula is C50H60N4O5S2. The molecule has 0 saturated carbocycles. The van der Waals surface area contributed by atoms with E-state index in [1.54, 1.807) is 11.8 Å². The number of carboxylic acid groups (broad SMARTS) is 1. The van der Waals surface area contributed by atoms with Crippen LogP contribution in [0.4, 0.5) is 4.79 Å². The van der Waals surface area contributed by atoms with Crippen molar-refractivity contribution in [2.45, 2.75) is 81.0 Å². The quantitative estimate of drug-likeness (QED) is 0.0483. The summed E-state index contributed by atoms with van der Waals surface area (Å²) >= 11 is 7.16. The molecule has 61 heavy (non-hydrogen) atoms. The molecule has 0 bridgehead atoms. The first-order valence-electron chi connectivity index (χ1n) is 21.2. The van der Waals surface area contributed by atoms with Crippen LogP contribution in [0.25, 0.3) is 10.8 Å². The summed E-state index contributed by atoms with van der Waals surface area (Å²) in [5, 5.41) is 17.8. The number of thioether (sulfide) groups is 1. The van der Waals surface area contributed by atoms with Crippen LogP contribution in [-0.2, 0) is 26.3 Å². The van der Waals surface area contributed by atoms with Crippen LogP contribution in [0.3, 0.4) is 0 Å². The summed E-state index contributed by atoms with van der Waals surface area (Å²) < 4.78 is 5.92. The summed E-state index contributed by atoms with van der Waals surface area (Å²) in [6, 6.07) is 44.2. The van der Waals surface area contributed by atoms with E-state index in [4.69, 9.17) is 17.4 Å². The number of carbonyl (C=O) groups is 3. The second-order valence-electron chi connectivity index (χ2n) is 16.9. The number of benzene rings is 5. The van der Waals surface area contributed by atoms with E-state index in [2.05, 4.69) is 81.1 Å². The van der Waals surface area contributed by atoms with Crippen molar-refractivity contribution in [3.8, 4) is 0 Å². The van der Waals surface area contributed by atoms with Gasteiger partial charge in [0.2, 0.25) is 5.91 Å². The van der Waals surface area contributed by atoms with Gasteiger partial charge in [0.1, 0.15) is 11.6 Å². The molecule has 4 atom stereocenters. The van der Waals surface area contributed by atoms with Gasteiger partial charge in [-0.2, -0.15) is 24.4 Å². The van der Waals surface area contributed by atoms with Crippen molar-refractivity contribution in [2.24, 2.45) is 0 Å². The van der Waals surface area contributed by atoms with Crippen LogP contribution in [-0.4, -0.2) is 100 Å². The average molecular weight is 861 g/mol. The van der Waals surface area contributed by atoms with Crippen LogP contribution in [0.2, 0.25) is 0 Å². The van der Waals surface area contributed by atoms with Gasteiger partial charge in [-0.1, -0.05) is 133 Å². The number of nitrogens with zero attached hydrogens (tertiary/aromatic N) is 2. The van der Waals surface area contributed by atoms with E-state index in [-0.39, 0.29) is 18.5 Å². The third kappa shape index (κ3) is 11.8. The predicted octanol–water partition coefficient (Wildman–Crippen LogP) is 8.66. The molecule has 0 radical (unpaired) electrons. The average Bonchev–Trinajstić information content (AvgIpc) is 3.68. The SMILES string of the molecule is CSCC[C@H](NC(=O)CN(Cc1cccc2ccccc12)C[C@@H]1CCCN1C[C@@H](NC(=O)OC(C)(C)C)C(S)C(c1ccccc1)(c1ccccc1)c1ccccc1)C(=O)O. The highest BCUT2D eigenvalue weighted by atomic mass is 32.2. The van der Waals surface area contributed by atoms with Gasteiger partial charge in [0, 0.05) is 30.9 Å². The predicted molar refractivity (Wildman–Crippen MR) is 252 cm³/mol. The first-order chi connectivity index (χ1) is 29.4. The zero-order valence-corrected chi connectivity index (χ0v) is 37.4. The first-order valence-corrected chi connectivity index (χ1v) is 23.1. The van der Waals surface area contributed by atoms with Gasteiger partial charge >= 0.3 is 12.1 Å². The Morgan fingerprint density at radius 1 is 0.836 bits per heavy atom.